The third-order valence-electron chi connectivity index (χ3n) is 6.66. The van der Waals surface area contributed by atoms with Gasteiger partial charge >= 0.3 is 0 Å². The monoisotopic (exact) mass is 491 g/mol. The number of nitrogens with zero attached hydrogens (tertiary/aromatic N) is 2. The van der Waals surface area contributed by atoms with Crippen molar-refractivity contribution in [3.8, 4) is 28.9 Å². The van der Waals surface area contributed by atoms with Crippen molar-refractivity contribution in [3.05, 3.63) is 102 Å². The highest BCUT2D eigenvalue weighted by Crippen LogP contribution is 2.53. The summed E-state index contributed by atoms with van der Waals surface area (Å²) in [7, 11) is 4.98. The smallest absolute Gasteiger partial charge is 0.228 e. The molecule has 5 aromatic rings. The normalized spacial score (nSPS) is 13.8. The number of anilines is 2. The van der Waals surface area contributed by atoms with Gasteiger partial charge in [0.1, 0.15) is 35.1 Å². The summed E-state index contributed by atoms with van der Waals surface area (Å²) in [5.41, 5.74) is 3.59. The fourth-order valence-electron chi connectivity index (χ4n) is 4.87. The zero-order chi connectivity index (χ0) is 25.4. The Balaban J connectivity index is 1.59. The molecule has 0 spiro atoms. The Labute approximate surface area is 214 Å². The number of rotatable bonds is 6. The van der Waals surface area contributed by atoms with E-state index in [1.807, 2.05) is 54.6 Å². The predicted molar refractivity (Wildman–Crippen MR) is 143 cm³/mol. The summed E-state index contributed by atoms with van der Waals surface area (Å²) in [6, 6.07) is 25.9. The number of hydrogen-bond donors (Lipinski definition) is 1. The second kappa shape index (κ2) is 9.35. The molecule has 0 aliphatic carbocycles. The zero-order valence-electron chi connectivity index (χ0n) is 20.7. The highest BCUT2D eigenvalue weighted by Gasteiger charge is 2.36. The summed E-state index contributed by atoms with van der Waals surface area (Å²) < 4.78 is 23.2. The molecule has 1 atom stereocenters. The Kier molecular flexibility index (Phi) is 5.73. The molecule has 0 radical (unpaired) electrons. The third-order valence-corrected chi connectivity index (χ3v) is 6.66. The van der Waals surface area contributed by atoms with Crippen LogP contribution in [0, 0.1) is 0 Å². The van der Waals surface area contributed by atoms with Gasteiger partial charge in [0.05, 0.1) is 32.8 Å². The van der Waals surface area contributed by atoms with E-state index in [0.717, 1.165) is 56.1 Å². The lowest BCUT2D eigenvalue weighted by Crippen LogP contribution is -2.17. The minimum Gasteiger partial charge on any atom is -0.497 e. The fourth-order valence-corrected chi connectivity index (χ4v) is 4.87. The second-order valence-electron chi connectivity index (χ2n) is 8.64. The molecule has 1 N–H and O–H groups in total. The number of hydrogen-bond acceptors (Lipinski definition) is 7. The van der Waals surface area contributed by atoms with Gasteiger partial charge in [0.2, 0.25) is 5.88 Å². The van der Waals surface area contributed by atoms with Crippen LogP contribution in [0.1, 0.15) is 22.6 Å². The van der Waals surface area contributed by atoms with Gasteiger partial charge in [-0.3, -0.25) is 0 Å². The third kappa shape index (κ3) is 3.94. The van der Waals surface area contributed by atoms with Crippen molar-refractivity contribution in [3.63, 3.8) is 0 Å². The van der Waals surface area contributed by atoms with Crippen LogP contribution >= 0.6 is 0 Å². The van der Waals surface area contributed by atoms with Gasteiger partial charge in [0.15, 0.2) is 0 Å². The van der Waals surface area contributed by atoms with Gasteiger partial charge in [-0.2, -0.15) is 0 Å². The Morgan fingerprint density at radius 1 is 0.757 bits per heavy atom. The quantitative estimate of drug-likeness (QED) is 0.278. The highest BCUT2D eigenvalue weighted by atomic mass is 16.5. The molecule has 0 fully saturated rings. The average molecular weight is 492 g/mol. The maximum absolute atomic E-state index is 6.50. The summed E-state index contributed by atoms with van der Waals surface area (Å²) in [5, 5.41) is 5.56. The second-order valence-corrected chi connectivity index (χ2v) is 8.64. The molecule has 1 aromatic heterocycles. The first-order chi connectivity index (χ1) is 18.2. The van der Waals surface area contributed by atoms with Crippen LogP contribution in [0.3, 0.4) is 0 Å². The van der Waals surface area contributed by atoms with Crippen molar-refractivity contribution < 1.29 is 18.9 Å². The van der Waals surface area contributed by atoms with Crippen LogP contribution in [0.5, 0.6) is 28.9 Å². The Bertz CT molecular complexity index is 1600. The molecule has 1 unspecified atom stereocenters. The summed E-state index contributed by atoms with van der Waals surface area (Å²) in [6.07, 6.45) is 1.51. The van der Waals surface area contributed by atoms with Crippen molar-refractivity contribution in [2.45, 2.75) is 5.92 Å². The largest absolute Gasteiger partial charge is 0.497 e. The molecule has 37 heavy (non-hydrogen) atoms. The average Bonchev–Trinajstić information content (AvgIpc) is 2.96. The first-order valence-electron chi connectivity index (χ1n) is 11.9. The van der Waals surface area contributed by atoms with E-state index >= 15 is 0 Å². The molecule has 2 heterocycles. The molecule has 7 heteroatoms. The topological polar surface area (TPSA) is 74.7 Å². The minimum atomic E-state index is -0.282. The molecule has 1 aliphatic rings. The molecular formula is C30H25N3O4. The maximum atomic E-state index is 6.50. The molecular weight excluding hydrogens is 466 g/mol. The number of fused-ring (bicyclic) bond motifs is 4. The van der Waals surface area contributed by atoms with E-state index in [1.54, 1.807) is 21.3 Å². The van der Waals surface area contributed by atoms with E-state index in [2.05, 4.69) is 39.6 Å². The molecule has 184 valence electrons. The Hall–Kier alpha value is -4.78. The van der Waals surface area contributed by atoms with E-state index < -0.39 is 0 Å². The summed E-state index contributed by atoms with van der Waals surface area (Å²) in [4.78, 5) is 9.20. The van der Waals surface area contributed by atoms with Crippen LogP contribution in [0.4, 0.5) is 11.5 Å². The Morgan fingerprint density at radius 2 is 1.54 bits per heavy atom. The highest BCUT2D eigenvalue weighted by molar-refractivity contribution is 5.91. The van der Waals surface area contributed by atoms with Crippen molar-refractivity contribution in [2.24, 2.45) is 0 Å². The SMILES string of the molecule is COc1ccc(Nc2ncnc3c2C(c2cc(OC)ccc2OC)c2ccc4ccccc4c2O3)cc1. The van der Waals surface area contributed by atoms with Gasteiger partial charge in [-0.25, -0.2) is 9.97 Å². The minimum absolute atomic E-state index is 0.282. The zero-order valence-corrected chi connectivity index (χ0v) is 20.7. The molecule has 6 rings (SSSR count). The summed E-state index contributed by atoms with van der Waals surface area (Å²) in [6.45, 7) is 0. The number of benzene rings is 4. The summed E-state index contributed by atoms with van der Waals surface area (Å²) >= 11 is 0. The predicted octanol–water partition coefficient (Wildman–Crippen LogP) is 6.69. The maximum Gasteiger partial charge on any atom is 0.228 e. The van der Waals surface area contributed by atoms with Crippen molar-refractivity contribution >= 4 is 22.3 Å². The van der Waals surface area contributed by atoms with Crippen LogP contribution in [0.15, 0.2) is 85.2 Å². The Morgan fingerprint density at radius 3 is 2.32 bits per heavy atom. The molecule has 7 nitrogen and oxygen atoms in total. The van der Waals surface area contributed by atoms with E-state index in [9.17, 15) is 0 Å². The van der Waals surface area contributed by atoms with Crippen molar-refractivity contribution in [1.82, 2.24) is 9.97 Å². The number of aromatic nitrogens is 2. The van der Waals surface area contributed by atoms with Crippen LogP contribution in [-0.4, -0.2) is 31.3 Å². The molecule has 0 bridgehead atoms. The van der Waals surface area contributed by atoms with Gasteiger partial charge in [0, 0.05) is 22.2 Å². The standard InChI is InChI=1S/C30H25N3O4/c1-34-20-11-9-19(10-12-20)33-29-27-26(24-16-21(35-2)13-15-25(24)36-3)23-14-8-18-6-4-5-7-22(18)28(23)37-30(27)32-17-31-29/h4-17,26H,1-3H3,(H,31,32,33). The molecule has 0 amide bonds. The van der Waals surface area contributed by atoms with Crippen LogP contribution in [0.2, 0.25) is 0 Å². The molecule has 0 saturated heterocycles. The van der Waals surface area contributed by atoms with E-state index in [4.69, 9.17) is 18.9 Å². The number of nitrogens with one attached hydrogen (secondary N) is 1. The van der Waals surface area contributed by atoms with Gasteiger partial charge in [0.25, 0.3) is 0 Å². The van der Waals surface area contributed by atoms with E-state index in [-0.39, 0.29) is 5.92 Å². The first-order valence-corrected chi connectivity index (χ1v) is 11.9. The lowest BCUT2D eigenvalue weighted by Gasteiger charge is -2.31. The lowest BCUT2D eigenvalue weighted by molar-refractivity contribution is 0.394. The van der Waals surface area contributed by atoms with Gasteiger partial charge in [-0.15, -0.1) is 0 Å². The van der Waals surface area contributed by atoms with Crippen molar-refractivity contribution in [1.29, 1.82) is 0 Å². The van der Waals surface area contributed by atoms with Crippen molar-refractivity contribution in [2.75, 3.05) is 26.6 Å². The number of methoxy groups -OCH3 is 3. The molecule has 1 aliphatic heterocycles. The van der Waals surface area contributed by atoms with Crippen LogP contribution < -0.4 is 24.3 Å². The first kappa shape index (κ1) is 22.7. The van der Waals surface area contributed by atoms with E-state index in [0.29, 0.717) is 11.7 Å². The molecule has 0 saturated carbocycles. The summed E-state index contributed by atoms with van der Waals surface area (Å²) in [5.74, 6) is 3.86. The van der Waals surface area contributed by atoms with Gasteiger partial charge < -0.3 is 24.3 Å². The van der Waals surface area contributed by atoms with Gasteiger partial charge in [-0.1, -0.05) is 36.4 Å². The fraction of sp³-hybridized carbons (Fsp3) is 0.133. The van der Waals surface area contributed by atoms with Crippen LogP contribution in [0.25, 0.3) is 10.8 Å². The van der Waals surface area contributed by atoms with E-state index in [1.165, 1.54) is 6.33 Å². The van der Waals surface area contributed by atoms with Gasteiger partial charge in [-0.05, 0) is 47.9 Å². The number of ether oxygens (including phenoxy) is 4. The lowest BCUT2D eigenvalue weighted by atomic mass is 9.82. The van der Waals surface area contributed by atoms with Crippen LogP contribution in [-0.2, 0) is 0 Å². The molecule has 4 aromatic carbocycles.